The monoisotopic (exact) mass is 335 g/mol. The topological polar surface area (TPSA) is 74.6 Å². The average molecular weight is 335 g/mol. The largest absolute Gasteiger partial charge is 0.467 e. The standard InChI is InChI=1S/C18H29N3O3/c1-3-6-14(2)20-18(23)15-7-4-9-21(12-15)13-17(22)19-11-16-8-5-10-24-16/h5,8,10,14-15H,3-4,6-7,9,11-13H2,1-2H3,(H,19,22)(H,20,23)/t14-,15-/m0/s1. The minimum Gasteiger partial charge on any atom is -0.467 e. The zero-order chi connectivity index (χ0) is 17.4. The Labute approximate surface area is 144 Å². The van der Waals surface area contributed by atoms with E-state index in [-0.39, 0.29) is 23.8 Å². The van der Waals surface area contributed by atoms with Gasteiger partial charge in [0.05, 0.1) is 25.3 Å². The third-order valence-electron chi connectivity index (χ3n) is 4.39. The molecule has 24 heavy (non-hydrogen) atoms. The van der Waals surface area contributed by atoms with Gasteiger partial charge in [-0.25, -0.2) is 0 Å². The molecule has 1 aromatic heterocycles. The minimum atomic E-state index is -0.0354. The van der Waals surface area contributed by atoms with E-state index in [9.17, 15) is 9.59 Å². The highest BCUT2D eigenvalue weighted by molar-refractivity contribution is 5.80. The number of furan rings is 1. The van der Waals surface area contributed by atoms with E-state index in [1.807, 2.05) is 13.0 Å². The number of nitrogens with zero attached hydrogens (tertiary/aromatic N) is 1. The van der Waals surface area contributed by atoms with Gasteiger partial charge >= 0.3 is 0 Å². The molecule has 1 aliphatic heterocycles. The summed E-state index contributed by atoms with van der Waals surface area (Å²) < 4.78 is 5.20. The SMILES string of the molecule is CCC[C@H](C)NC(=O)[C@H]1CCCN(CC(=O)NCc2ccco2)C1. The summed E-state index contributed by atoms with van der Waals surface area (Å²) in [7, 11) is 0. The molecule has 0 radical (unpaired) electrons. The maximum Gasteiger partial charge on any atom is 0.234 e. The zero-order valence-electron chi connectivity index (χ0n) is 14.7. The van der Waals surface area contributed by atoms with Crippen molar-refractivity contribution < 1.29 is 14.0 Å². The zero-order valence-corrected chi connectivity index (χ0v) is 14.7. The highest BCUT2D eigenvalue weighted by Gasteiger charge is 2.27. The van der Waals surface area contributed by atoms with E-state index >= 15 is 0 Å². The minimum absolute atomic E-state index is 0.0177. The number of carbonyl (C=O) groups is 2. The smallest absolute Gasteiger partial charge is 0.234 e. The lowest BCUT2D eigenvalue weighted by atomic mass is 9.96. The van der Waals surface area contributed by atoms with Gasteiger partial charge in [-0.3, -0.25) is 14.5 Å². The van der Waals surface area contributed by atoms with Crippen LogP contribution in [0.15, 0.2) is 22.8 Å². The molecule has 1 saturated heterocycles. The molecular weight excluding hydrogens is 306 g/mol. The number of amides is 2. The Kier molecular flexibility index (Phi) is 7.31. The summed E-state index contributed by atoms with van der Waals surface area (Å²) in [5, 5.41) is 5.94. The fourth-order valence-corrected chi connectivity index (χ4v) is 3.14. The van der Waals surface area contributed by atoms with Crippen LogP contribution in [-0.2, 0) is 16.1 Å². The molecule has 0 aromatic carbocycles. The van der Waals surface area contributed by atoms with Crippen LogP contribution in [0, 0.1) is 5.92 Å². The van der Waals surface area contributed by atoms with Gasteiger partial charge in [0.1, 0.15) is 5.76 Å². The first-order valence-electron chi connectivity index (χ1n) is 8.90. The fourth-order valence-electron chi connectivity index (χ4n) is 3.14. The highest BCUT2D eigenvalue weighted by Crippen LogP contribution is 2.17. The van der Waals surface area contributed by atoms with Gasteiger partial charge < -0.3 is 15.1 Å². The second-order valence-corrected chi connectivity index (χ2v) is 6.63. The van der Waals surface area contributed by atoms with Crippen LogP contribution in [0.1, 0.15) is 45.3 Å². The first-order chi connectivity index (χ1) is 11.6. The second-order valence-electron chi connectivity index (χ2n) is 6.63. The number of hydrogen-bond acceptors (Lipinski definition) is 4. The van der Waals surface area contributed by atoms with E-state index in [1.165, 1.54) is 0 Å². The van der Waals surface area contributed by atoms with Gasteiger partial charge in [0, 0.05) is 12.6 Å². The molecule has 1 aliphatic rings. The van der Waals surface area contributed by atoms with E-state index in [1.54, 1.807) is 12.3 Å². The van der Waals surface area contributed by atoms with Crippen LogP contribution in [0.5, 0.6) is 0 Å². The Morgan fingerprint density at radius 1 is 1.46 bits per heavy atom. The lowest BCUT2D eigenvalue weighted by Crippen LogP contribution is -2.47. The number of nitrogens with one attached hydrogen (secondary N) is 2. The van der Waals surface area contributed by atoms with E-state index in [0.29, 0.717) is 19.6 Å². The van der Waals surface area contributed by atoms with Gasteiger partial charge in [-0.2, -0.15) is 0 Å². The summed E-state index contributed by atoms with van der Waals surface area (Å²) >= 11 is 0. The molecule has 0 bridgehead atoms. The van der Waals surface area contributed by atoms with Crippen molar-refractivity contribution in [3.05, 3.63) is 24.2 Å². The number of rotatable bonds is 8. The Balaban J connectivity index is 1.73. The van der Waals surface area contributed by atoms with Crippen molar-refractivity contribution in [3.63, 3.8) is 0 Å². The third kappa shape index (κ3) is 6.00. The summed E-state index contributed by atoms with van der Waals surface area (Å²) in [6, 6.07) is 3.85. The van der Waals surface area contributed by atoms with Crippen molar-refractivity contribution in [2.24, 2.45) is 5.92 Å². The van der Waals surface area contributed by atoms with Crippen molar-refractivity contribution in [1.82, 2.24) is 15.5 Å². The summed E-state index contributed by atoms with van der Waals surface area (Å²) in [5.74, 6) is 0.809. The molecule has 2 atom stereocenters. The molecule has 0 aliphatic carbocycles. The maximum absolute atomic E-state index is 12.3. The Hall–Kier alpha value is -1.82. The number of carbonyl (C=O) groups excluding carboxylic acids is 2. The molecule has 0 unspecified atom stereocenters. The molecule has 1 fully saturated rings. The highest BCUT2D eigenvalue weighted by atomic mass is 16.3. The van der Waals surface area contributed by atoms with Gasteiger partial charge in [-0.15, -0.1) is 0 Å². The van der Waals surface area contributed by atoms with Crippen molar-refractivity contribution in [2.45, 2.75) is 52.1 Å². The molecule has 6 nitrogen and oxygen atoms in total. The molecule has 2 rings (SSSR count). The van der Waals surface area contributed by atoms with Crippen LogP contribution >= 0.6 is 0 Å². The van der Waals surface area contributed by atoms with Crippen LogP contribution < -0.4 is 10.6 Å². The van der Waals surface area contributed by atoms with Crippen molar-refractivity contribution in [3.8, 4) is 0 Å². The Morgan fingerprint density at radius 3 is 3.00 bits per heavy atom. The summed E-state index contributed by atoms with van der Waals surface area (Å²) in [5.41, 5.74) is 0. The number of likely N-dealkylation sites (tertiary alicyclic amines) is 1. The predicted octanol–water partition coefficient (Wildman–Crippen LogP) is 1.91. The van der Waals surface area contributed by atoms with E-state index in [2.05, 4.69) is 22.5 Å². The lowest BCUT2D eigenvalue weighted by molar-refractivity contribution is -0.129. The van der Waals surface area contributed by atoms with Gasteiger partial charge in [0.25, 0.3) is 0 Å². The summed E-state index contributed by atoms with van der Waals surface area (Å²) in [6.45, 7) is 6.41. The van der Waals surface area contributed by atoms with Crippen molar-refractivity contribution in [2.75, 3.05) is 19.6 Å². The van der Waals surface area contributed by atoms with Crippen LogP contribution in [0.2, 0.25) is 0 Å². The quantitative estimate of drug-likeness (QED) is 0.761. The molecule has 2 N–H and O–H groups in total. The average Bonchev–Trinajstić information content (AvgIpc) is 3.07. The molecule has 0 spiro atoms. The number of hydrogen-bond donors (Lipinski definition) is 2. The van der Waals surface area contributed by atoms with Gasteiger partial charge in [-0.1, -0.05) is 13.3 Å². The van der Waals surface area contributed by atoms with Crippen LogP contribution in [0.3, 0.4) is 0 Å². The van der Waals surface area contributed by atoms with Gasteiger partial charge in [0.15, 0.2) is 0 Å². The van der Waals surface area contributed by atoms with Crippen molar-refractivity contribution >= 4 is 11.8 Å². The molecule has 2 heterocycles. The van der Waals surface area contributed by atoms with Gasteiger partial charge in [0.2, 0.25) is 11.8 Å². The van der Waals surface area contributed by atoms with E-state index in [0.717, 1.165) is 38.0 Å². The lowest BCUT2D eigenvalue weighted by Gasteiger charge is -2.32. The van der Waals surface area contributed by atoms with E-state index in [4.69, 9.17) is 4.42 Å². The molecule has 134 valence electrons. The normalized spacial score (nSPS) is 19.7. The first-order valence-corrected chi connectivity index (χ1v) is 8.90. The Bertz CT molecular complexity index is 516. The molecule has 2 amide bonds. The first kappa shape index (κ1) is 18.5. The number of piperidine rings is 1. The van der Waals surface area contributed by atoms with Gasteiger partial charge in [-0.05, 0) is 44.9 Å². The van der Waals surface area contributed by atoms with Crippen LogP contribution in [0.25, 0.3) is 0 Å². The Morgan fingerprint density at radius 2 is 2.29 bits per heavy atom. The second kappa shape index (κ2) is 9.47. The summed E-state index contributed by atoms with van der Waals surface area (Å²) in [6.07, 6.45) is 5.50. The van der Waals surface area contributed by atoms with E-state index < -0.39 is 0 Å². The molecule has 1 aromatic rings. The summed E-state index contributed by atoms with van der Waals surface area (Å²) in [4.78, 5) is 26.5. The van der Waals surface area contributed by atoms with Crippen molar-refractivity contribution in [1.29, 1.82) is 0 Å². The molecule has 0 saturated carbocycles. The van der Waals surface area contributed by atoms with Crippen LogP contribution in [-0.4, -0.2) is 42.4 Å². The van der Waals surface area contributed by atoms with Crippen LogP contribution in [0.4, 0.5) is 0 Å². The molecular formula is C18H29N3O3. The predicted molar refractivity (Wildman–Crippen MR) is 92.2 cm³/mol. The molecule has 6 heteroatoms. The third-order valence-corrected chi connectivity index (χ3v) is 4.39. The maximum atomic E-state index is 12.3. The fraction of sp³-hybridized carbons (Fsp3) is 0.667.